The van der Waals surface area contributed by atoms with Crippen molar-refractivity contribution >= 4 is 56.0 Å². The number of para-hydroxylation sites is 1. The maximum atomic E-state index is 13.6. The number of hydrogen-bond acceptors (Lipinski definition) is 8. The van der Waals surface area contributed by atoms with Gasteiger partial charge >= 0.3 is 5.63 Å². The third-order valence-corrected chi connectivity index (χ3v) is 6.73. The van der Waals surface area contributed by atoms with Crippen LogP contribution in [0.2, 0.25) is 0 Å². The number of hydrogen-bond donors (Lipinski definition) is 0. The van der Waals surface area contributed by atoms with E-state index >= 15 is 0 Å². The molecule has 2 aromatic heterocycles. The average Bonchev–Trinajstić information content (AvgIpc) is 3.27. The topological polar surface area (TPSA) is 85.1 Å². The molecule has 10 heteroatoms. The van der Waals surface area contributed by atoms with Crippen molar-refractivity contribution in [2.24, 2.45) is 0 Å². The van der Waals surface area contributed by atoms with E-state index in [1.54, 1.807) is 30.2 Å². The molecule has 1 amide bonds. The minimum atomic E-state index is -0.655. The molecule has 0 unspecified atom stereocenters. The van der Waals surface area contributed by atoms with Gasteiger partial charge in [-0.2, -0.15) is 0 Å². The molecule has 1 fully saturated rings. The van der Waals surface area contributed by atoms with Crippen LogP contribution in [0.1, 0.15) is 10.4 Å². The highest BCUT2D eigenvalue weighted by molar-refractivity contribution is 7.22. The van der Waals surface area contributed by atoms with Gasteiger partial charge in [0.2, 0.25) is 0 Å². The Bertz CT molecular complexity index is 1370. The summed E-state index contributed by atoms with van der Waals surface area (Å²) in [5, 5.41) is 1.23. The lowest BCUT2D eigenvalue weighted by Crippen LogP contribution is -2.44. The number of morpholine rings is 1. The number of amides is 1. The van der Waals surface area contributed by atoms with Crippen molar-refractivity contribution in [1.29, 1.82) is 0 Å². The first-order valence-electron chi connectivity index (χ1n) is 10.7. The van der Waals surface area contributed by atoms with Gasteiger partial charge in [-0.15, -0.1) is 12.4 Å². The monoisotopic (exact) mass is 501 g/mol. The molecule has 0 saturated carbocycles. The summed E-state index contributed by atoms with van der Waals surface area (Å²) in [5.74, 6) is 0.273. The largest absolute Gasteiger partial charge is 0.497 e. The average molecular weight is 502 g/mol. The van der Waals surface area contributed by atoms with Crippen LogP contribution in [0.25, 0.3) is 21.2 Å². The van der Waals surface area contributed by atoms with Gasteiger partial charge in [0, 0.05) is 37.6 Å². The molecular weight excluding hydrogens is 478 g/mol. The maximum Gasteiger partial charge on any atom is 0.349 e. The predicted octanol–water partition coefficient (Wildman–Crippen LogP) is 3.81. The highest BCUT2D eigenvalue weighted by atomic mass is 35.5. The summed E-state index contributed by atoms with van der Waals surface area (Å²) in [4.78, 5) is 34.9. The Morgan fingerprint density at radius 1 is 1.18 bits per heavy atom. The van der Waals surface area contributed by atoms with Crippen LogP contribution in [0.4, 0.5) is 5.13 Å². The SMILES string of the molecule is COc1ccc2sc(N(CCN3CCOCC3)C(=O)c3cc4ccccc4oc3=O)nc2c1.Cl. The highest BCUT2D eigenvalue weighted by Crippen LogP contribution is 2.32. The molecule has 0 radical (unpaired) electrons. The summed E-state index contributed by atoms with van der Waals surface area (Å²) in [6.45, 7) is 3.98. The molecule has 0 bridgehead atoms. The van der Waals surface area contributed by atoms with Gasteiger partial charge in [-0.1, -0.05) is 29.5 Å². The number of aromatic nitrogens is 1. The van der Waals surface area contributed by atoms with Crippen molar-refractivity contribution in [3.8, 4) is 5.75 Å². The second-order valence-corrected chi connectivity index (χ2v) is 8.74. The Hall–Kier alpha value is -2.98. The summed E-state index contributed by atoms with van der Waals surface area (Å²) >= 11 is 1.41. The second kappa shape index (κ2) is 10.5. The lowest BCUT2D eigenvalue weighted by Gasteiger charge is -2.29. The second-order valence-electron chi connectivity index (χ2n) is 7.73. The fourth-order valence-corrected chi connectivity index (χ4v) is 4.81. The van der Waals surface area contributed by atoms with E-state index in [2.05, 4.69) is 4.90 Å². The van der Waals surface area contributed by atoms with Gasteiger partial charge in [0.15, 0.2) is 5.13 Å². The summed E-state index contributed by atoms with van der Waals surface area (Å²) in [6, 6.07) is 14.4. The molecular formula is C24H24ClN3O5S. The number of benzene rings is 2. The Balaban J connectivity index is 0.00000274. The number of ether oxygens (including phenoxy) is 2. The number of fused-ring (bicyclic) bond motifs is 2. The summed E-state index contributed by atoms with van der Waals surface area (Å²) < 4.78 is 17.1. The summed E-state index contributed by atoms with van der Waals surface area (Å²) in [7, 11) is 1.60. The number of carbonyl (C=O) groups excluding carboxylic acids is 1. The fourth-order valence-electron chi connectivity index (χ4n) is 3.84. The van der Waals surface area contributed by atoms with Gasteiger partial charge in [-0.05, 0) is 24.3 Å². The fraction of sp³-hybridized carbons (Fsp3) is 0.292. The minimum Gasteiger partial charge on any atom is -0.497 e. The van der Waals surface area contributed by atoms with Crippen LogP contribution in [0, 0.1) is 0 Å². The molecule has 2 aromatic carbocycles. The number of anilines is 1. The Kier molecular flexibility index (Phi) is 7.47. The normalized spacial score (nSPS) is 14.1. The van der Waals surface area contributed by atoms with Crippen LogP contribution < -0.4 is 15.3 Å². The van der Waals surface area contributed by atoms with Gasteiger partial charge in [-0.25, -0.2) is 9.78 Å². The first-order valence-corrected chi connectivity index (χ1v) is 11.5. The minimum absolute atomic E-state index is 0. The van der Waals surface area contributed by atoms with E-state index in [4.69, 9.17) is 18.9 Å². The zero-order valence-corrected chi connectivity index (χ0v) is 20.2. The number of nitrogens with zero attached hydrogens (tertiary/aromatic N) is 3. The van der Waals surface area contributed by atoms with Crippen LogP contribution >= 0.6 is 23.7 Å². The van der Waals surface area contributed by atoms with Crippen LogP contribution in [-0.4, -0.2) is 62.3 Å². The van der Waals surface area contributed by atoms with Crippen molar-refractivity contribution in [3.05, 3.63) is 64.5 Å². The van der Waals surface area contributed by atoms with E-state index in [9.17, 15) is 9.59 Å². The van der Waals surface area contributed by atoms with E-state index in [0.29, 0.717) is 48.2 Å². The van der Waals surface area contributed by atoms with Crippen molar-refractivity contribution < 1.29 is 18.7 Å². The Morgan fingerprint density at radius 2 is 1.97 bits per heavy atom. The quantitative estimate of drug-likeness (QED) is 0.371. The summed E-state index contributed by atoms with van der Waals surface area (Å²) in [5.41, 5.74) is 0.528. The van der Waals surface area contributed by atoms with Gasteiger partial charge in [-0.3, -0.25) is 14.6 Å². The van der Waals surface area contributed by atoms with Crippen molar-refractivity contribution in [2.45, 2.75) is 0 Å². The van der Waals surface area contributed by atoms with Crippen LogP contribution in [-0.2, 0) is 4.74 Å². The van der Waals surface area contributed by atoms with Crippen molar-refractivity contribution in [3.63, 3.8) is 0 Å². The molecule has 0 N–H and O–H groups in total. The number of methoxy groups -OCH3 is 1. The molecule has 8 nitrogen and oxygen atoms in total. The molecule has 1 aliphatic rings. The van der Waals surface area contributed by atoms with E-state index in [1.807, 2.05) is 30.3 Å². The number of halogens is 1. The molecule has 1 aliphatic heterocycles. The first kappa shape index (κ1) is 24.2. The van der Waals surface area contributed by atoms with Gasteiger partial charge in [0.25, 0.3) is 5.91 Å². The maximum absolute atomic E-state index is 13.6. The van der Waals surface area contributed by atoms with E-state index in [1.165, 1.54) is 11.3 Å². The van der Waals surface area contributed by atoms with E-state index < -0.39 is 11.5 Å². The lowest BCUT2D eigenvalue weighted by atomic mass is 10.1. The smallest absolute Gasteiger partial charge is 0.349 e. The molecule has 3 heterocycles. The van der Waals surface area contributed by atoms with Crippen LogP contribution in [0.15, 0.2) is 57.7 Å². The molecule has 0 spiro atoms. The number of thiazole rings is 1. The third kappa shape index (κ3) is 4.92. The van der Waals surface area contributed by atoms with Crippen LogP contribution in [0.3, 0.4) is 0 Å². The zero-order chi connectivity index (χ0) is 22.8. The third-order valence-electron chi connectivity index (χ3n) is 5.67. The Morgan fingerprint density at radius 3 is 2.76 bits per heavy atom. The molecule has 5 rings (SSSR count). The first-order chi connectivity index (χ1) is 16.1. The van der Waals surface area contributed by atoms with Crippen LogP contribution in [0.5, 0.6) is 5.75 Å². The van der Waals surface area contributed by atoms with E-state index in [0.717, 1.165) is 23.3 Å². The standard InChI is InChI=1S/C24H23N3O5S.ClH/c1-30-17-6-7-21-19(15-17)25-24(33-21)27(9-8-26-10-12-31-13-11-26)22(28)18-14-16-4-2-3-5-20(16)32-23(18)29;/h2-7,14-15H,8-13H2,1H3;1H. The number of carbonyl (C=O) groups is 1. The Labute approximate surface area is 206 Å². The van der Waals surface area contributed by atoms with Crippen molar-refractivity contribution in [1.82, 2.24) is 9.88 Å². The molecule has 178 valence electrons. The predicted molar refractivity (Wildman–Crippen MR) is 135 cm³/mol. The molecule has 1 saturated heterocycles. The van der Waals surface area contributed by atoms with Gasteiger partial charge < -0.3 is 13.9 Å². The van der Waals surface area contributed by atoms with E-state index in [-0.39, 0.29) is 18.0 Å². The van der Waals surface area contributed by atoms with Gasteiger partial charge in [0.1, 0.15) is 16.9 Å². The molecule has 4 aromatic rings. The molecule has 34 heavy (non-hydrogen) atoms. The van der Waals surface area contributed by atoms with Gasteiger partial charge in [0.05, 0.1) is 30.5 Å². The summed E-state index contributed by atoms with van der Waals surface area (Å²) in [6.07, 6.45) is 0. The lowest BCUT2D eigenvalue weighted by molar-refractivity contribution is 0.0391. The zero-order valence-electron chi connectivity index (χ0n) is 18.6. The highest BCUT2D eigenvalue weighted by Gasteiger charge is 2.26. The van der Waals surface area contributed by atoms with Crippen molar-refractivity contribution in [2.75, 3.05) is 51.4 Å². The number of rotatable bonds is 6. The molecule has 0 aliphatic carbocycles. The molecule has 0 atom stereocenters.